The van der Waals surface area contributed by atoms with Crippen molar-refractivity contribution in [1.29, 1.82) is 0 Å². The number of carboxylic acids is 1. The van der Waals surface area contributed by atoms with Crippen LogP contribution in [0, 0.1) is 0 Å². The third-order valence-electron chi connectivity index (χ3n) is 6.18. The molecule has 1 N–H and O–H groups in total. The number of nitrogens with zero attached hydrogens (tertiary/aromatic N) is 1. The number of pyridine rings is 1. The number of aromatic nitrogens is 1. The normalized spacial score (nSPS) is 18.2. The molecule has 1 unspecified atom stereocenters. The molecule has 1 saturated carbocycles. The van der Waals surface area contributed by atoms with Crippen LogP contribution in [0.1, 0.15) is 54.0 Å². The summed E-state index contributed by atoms with van der Waals surface area (Å²) in [5, 5.41) is 13.0. The molecule has 5 rings (SSSR count). The van der Waals surface area contributed by atoms with E-state index in [0.717, 1.165) is 35.4 Å². The van der Waals surface area contributed by atoms with Crippen molar-refractivity contribution in [2.24, 2.45) is 0 Å². The van der Waals surface area contributed by atoms with Crippen LogP contribution in [0.2, 0.25) is 0 Å². The summed E-state index contributed by atoms with van der Waals surface area (Å²) in [6.07, 6.45) is 3.58. The molecule has 1 aliphatic carbocycles. The Morgan fingerprint density at radius 1 is 1.14 bits per heavy atom. The zero-order valence-electron chi connectivity index (χ0n) is 16.4. The third-order valence-corrected chi connectivity index (χ3v) is 7.35. The summed E-state index contributed by atoms with van der Waals surface area (Å²) in [4.78, 5) is 25.1. The number of carboxylic acid groups (broad SMARTS) is 1. The highest BCUT2D eigenvalue weighted by molar-refractivity contribution is 7.99. The van der Waals surface area contributed by atoms with E-state index in [4.69, 9.17) is 0 Å². The molecule has 148 valence electrons. The van der Waals surface area contributed by atoms with E-state index in [-0.39, 0.29) is 5.56 Å². The van der Waals surface area contributed by atoms with Crippen LogP contribution in [0.4, 0.5) is 0 Å². The fourth-order valence-electron chi connectivity index (χ4n) is 4.63. The predicted molar refractivity (Wildman–Crippen MR) is 116 cm³/mol. The molecule has 29 heavy (non-hydrogen) atoms. The lowest BCUT2D eigenvalue weighted by Gasteiger charge is -2.20. The molecule has 0 amide bonds. The summed E-state index contributed by atoms with van der Waals surface area (Å²) in [6.45, 7) is 2.00. The van der Waals surface area contributed by atoms with Crippen LogP contribution >= 0.6 is 11.8 Å². The van der Waals surface area contributed by atoms with Crippen LogP contribution in [0.15, 0.2) is 52.3 Å². The maximum Gasteiger partial charge on any atom is 0.327 e. The molecule has 2 aromatic carbocycles. The molecule has 2 aliphatic rings. The molecule has 1 aromatic heterocycles. The molecular formula is C24H23NO3S. The van der Waals surface area contributed by atoms with Gasteiger partial charge in [0.1, 0.15) is 6.04 Å². The zero-order chi connectivity index (χ0) is 20.1. The summed E-state index contributed by atoms with van der Waals surface area (Å²) < 4.78 is 1.58. The van der Waals surface area contributed by atoms with Gasteiger partial charge >= 0.3 is 5.97 Å². The third kappa shape index (κ3) is 2.99. The van der Waals surface area contributed by atoms with Crippen molar-refractivity contribution in [3.05, 3.63) is 75.1 Å². The summed E-state index contributed by atoms with van der Waals surface area (Å²) in [7, 11) is 0. The Balaban J connectivity index is 1.74. The number of hydrogen-bond donors (Lipinski definition) is 1. The Morgan fingerprint density at radius 3 is 2.62 bits per heavy atom. The van der Waals surface area contributed by atoms with Crippen molar-refractivity contribution in [3.63, 3.8) is 0 Å². The van der Waals surface area contributed by atoms with E-state index in [9.17, 15) is 14.7 Å². The topological polar surface area (TPSA) is 59.3 Å². The second-order valence-corrected chi connectivity index (χ2v) is 8.97. The first-order valence-electron chi connectivity index (χ1n) is 10.2. The fourth-order valence-corrected chi connectivity index (χ4v) is 6.03. The lowest BCUT2D eigenvalue weighted by molar-refractivity contribution is -0.140. The van der Waals surface area contributed by atoms with E-state index < -0.39 is 12.0 Å². The van der Waals surface area contributed by atoms with Gasteiger partial charge in [0.25, 0.3) is 5.56 Å². The standard InChI is InChI=1S/C24H23NO3S/c1-2-17-19(12-16-8-5-7-14-6-3-4-9-18(14)16)21(15-10-11-15)23-25(22(17)26)20(13-29-23)24(27)28/h3-9,15,20H,2,10-13H2,1H3,(H,27,28). The Kier molecular flexibility index (Phi) is 4.50. The van der Waals surface area contributed by atoms with Gasteiger partial charge in [0.2, 0.25) is 0 Å². The van der Waals surface area contributed by atoms with Crippen LogP contribution < -0.4 is 5.56 Å². The second kappa shape index (κ2) is 7.06. The molecular weight excluding hydrogens is 382 g/mol. The smallest absolute Gasteiger partial charge is 0.327 e. The monoisotopic (exact) mass is 405 g/mol. The molecule has 4 nitrogen and oxygen atoms in total. The largest absolute Gasteiger partial charge is 0.480 e. The molecule has 2 heterocycles. The van der Waals surface area contributed by atoms with Gasteiger partial charge in [0.15, 0.2) is 0 Å². The Hall–Kier alpha value is -2.53. The Morgan fingerprint density at radius 2 is 1.90 bits per heavy atom. The minimum atomic E-state index is -0.913. The first kappa shape index (κ1) is 18.5. The molecule has 1 aliphatic heterocycles. The molecule has 5 heteroatoms. The second-order valence-electron chi connectivity index (χ2n) is 7.96. The van der Waals surface area contributed by atoms with E-state index in [2.05, 4.69) is 36.4 Å². The summed E-state index contributed by atoms with van der Waals surface area (Å²) in [5.74, 6) is -0.0262. The maximum atomic E-state index is 13.4. The van der Waals surface area contributed by atoms with E-state index in [0.29, 0.717) is 18.1 Å². The first-order valence-corrected chi connectivity index (χ1v) is 11.2. The van der Waals surface area contributed by atoms with Crippen molar-refractivity contribution < 1.29 is 9.90 Å². The van der Waals surface area contributed by atoms with Crippen molar-refractivity contribution in [1.82, 2.24) is 4.57 Å². The molecule has 1 atom stereocenters. The molecule has 3 aromatic rings. The fraction of sp³-hybridized carbons (Fsp3) is 0.333. The Bertz CT molecular complexity index is 1190. The lowest BCUT2D eigenvalue weighted by atomic mass is 9.91. The van der Waals surface area contributed by atoms with Gasteiger partial charge in [0.05, 0.1) is 5.03 Å². The minimum Gasteiger partial charge on any atom is -0.480 e. The number of thioether (sulfide) groups is 1. The van der Waals surface area contributed by atoms with Gasteiger partial charge in [-0.05, 0) is 59.1 Å². The average molecular weight is 406 g/mol. The van der Waals surface area contributed by atoms with Gasteiger partial charge in [-0.1, -0.05) is 49.4 Å². The molecule has 0 bridgehead atoms. The van der Waals surface area contributed by atoms with Crippen molar-refractivity contribution in [3.8, 4) is 0 Å². The van der Waals surface area contributed by atoms with E-state index in [1.165, 1.54) is 21.9 Å². The van der Waals surface area contributed by atoms with Gasteiger partial charge in [-0.2, -0.15) is 0 Å². The van der Waals surface area contributed by atoms with Crippen LogP contribution in [0.3, 0.4) is 0 Å². The maximum absolute atomic E-state index is 13.4. The summed E-state index contributed by atoms with van der Waals surface area (Å²) in [5.41, 5.74) is 4.28. The number of aliphatic carboxylic acids is 1. The number of rotatable bonds is 5. The minimum absolute atomic E-state index is 0.112. The van der Waals surface area contributed by atoms with Crippen LogP contribution in [-0.2, 0) is 17.6 Å². The SMILES string of the molecule is CCc1c(Cc2cccc3ccccc23)c(C2CC2)c2n(c1=O)C(C(=O)O)CS2. The average Bonchev–Trinajstić information content (AvgIpc) is 3.45. The molecule has 0 spiro atoms. The van der Waals surface area contributed by atoms with E-state index >= 15 is 0 Å². The summed E-state index contributed by atoms with van der Waals surface area (Å²) >= 11 is 1.54. The van der Waals surface area contributed by atoms with Gasteiger partial charge < -0.3 is 5.11 Å². The van der Waals surface area contributed by atoms with Crippen LogP contribution in [0.25, 0.3) is 10.8 Å². The van der Waals surface area contributed by atoms with Gasteiger partial charge in [-0.25, -0.2) is 4.79 Å². The zero-order valence-corrected chi connectivity index (χ0v) is 17.2. The highest BCUT2D eigenvalue weighted by Crippen LogP contribution is 2.49. The number of fused-ring (bicyclic) bond motifs is 2. The van der Waals surface area contributed by atoms with Gasteiger partial charge in [0, 0.05) is 11.3 Å². The summed E-state index contributed by atoms with van der Waals surface area (Å²) in [6, 6.07) is 14.0. The van der Waals surface area contributed by atoms with E-state index in [1.807, 2.05) is 13.0 Å². The van der Waals surface area contributed by atoms with Crippen molar-refractivity contribution >= 4 is 28.5 Å². The predicted octanol–water partition coefficient (Wildman–Crippen LogP) is 4.76. The highest BCUT2D eigenvalue weighted by Gasteiger charge is 2.39. The van der Waals surface area contributed by atoms with E-state index in [1.54, 1.807) is 16.3 Å². The molecule has 0 radical (unpaired) electrons. The Labute approximate surface area is 173 Å². The van der Waals surface area contributed by atoms with Crippen molar-refractivity contribution in [2.75, 3.05) is 5.75 Å². The number of benzene rings is 2. The van der Waals surface area contributed by atoms with Gasteiger partial charge in [-0.3, -0.25) is 9.36 Å². The van der Waals surface area contributed by atoms with Gasteiger partial charge in [-0.15, -0.1) is 11.8 Å². The van der Waals surface area contributed by atoms with Crippen LogP contribution in [-0.4, -0.2) is 21.4 Å². The van der Waals surface area contributed by atoms with Crippen LogP contribution in [0.5, 0.6) is 0 Å². The first-order chi connectivity index (χ1) is 14.1. The van der Waals surface area contributed by atoms with Crippen molar-refractivity contribution in [2.45, 2.75) is 49.6 Å². The molecule has 1 fully saturated rings. The highest BCUT2D eigenvalue weighted by atomic mass is 32.2. The molecule has 0 saturated heterocycles. The lowest BCUT2D eigenvalue weighted by Crippen LogP contribution is -2.32. The quantitative estimate of drug-likeness (QED) is 0.665. The number of hydrogen-bond acceptors (Lipinski definition) is 3. The number of carbonyl (C=O) groups is 1.